The minimum Gasteiger partial charge on any atom is -0.508 e. The first kappa shape index (κ1) is 26.3. The molecule has 202 valence electrons. The second kappa shape index (κ2) is 10.9. The van der Waals surface area contributed by atoms with Crippen molar-refractivity contribution in [1.82, 2.24) is 0 Å². The van der Waals surface area contributed by atoms with Gasteiger partial charge in [0.15, 0.2) is 0 Å². The average molecular weight is 533 g/mol. The number of hydrogen-bond donors (Lipinski definition) is 2. The minimum atomic E-state index is -1.000. The number of carbonyl (C=O) groups is 2. The highest BCUT2D eigenvalue weighted by molar-refractivity contribution is 6.43. The molecule has 6 nitrogen and oxygen atoms in total. The van der Waals surface area contributed by atoms with Crippen molar-refractivity contribution in [3.63, 3.8) is 0 Å². The van der Waals surface area contributed by atoms with Gasteiger partial charge >= 0.3 is 7.12 Å². The van der Waals surface area contributed by atoms with Gasteiger partial charge in [0.2, 0.25) is 11.8 Å². The Bertz CT molecular complexity index is 1470. The van der Waals surface area contributed by atoms with Crippen LogP contribution >= 0.6 is 0 Å². The van der Waals surface area contributed by atoms with Gasteiger partial charge in [-0.3, -0.25) is 14.5 Å². The molecule has 6 rings (SSSR count). The van der Waals surface area contributed by atoms with E-state index in [4.69, 9.17) is 4.65 Å². The Balaban J connectivity index is 1.29. The minimum absolute atomic E-state index is 0.152. The molecule has 4 atom stereocenters. The highest BCUT2D eigenvalue weighted by Crippen LogP contribution is 2.51. The Morgan fingerprint density at radius 1 is 0.950 bits per heavy atom. The van der Waals surface area contributed by atoms with Crippen LogP contribution in [0.1, 0.15) is 37.3 Å². The summed E-state index contributed by atoms with van der Waals surface area (Å²) in [6.45, 7) is 2.04. The number of fused-ring (bicyclic) bond motifs is 3. The predicted molar refractivity (Wildman–Crippen MR) is 156 cm³/mol. The fourth-order valence-electron chi connectivity index (χ4n) is 6.76. The smallest absolute Gasteiger partial charge is 0.455 e. The van der Waals surface area contributed by atoms with E-state index in [0.717, 1.165) is 27.8 Å². The van der Waals surface area contributed by atoms with E-state index in [2.05, 4.69) is 18.2 Å². The summed E-state index contributed by atoms with van der Waals surface area (Å²) in [5.74, 6) is -1.26. The lowest BCUT2D eigenvalue weighted by Gasteiger charge is -2.42. The van der Waals surface area contributed by atoms with Crippen LogP contribution in [0.15, 0.2) is 96.1 Å². The maximum Gasteiger partial charge on any atom is 0.455 e. The molecule has 0 radical (unpaired) electrons. The highest BCUT2D eigenvalue weighted by Gasteiger charge is 2.57. The van der Waals surface area contributed by atoms with Crippen LogP contribution in [-0.4, -0.2) is 35.2 Å². The zero-order chi connectivity index (χ0) is 27.8. The molecule has 0 saturated carbocycles. The number of amides is 2. The maximum absolute atomic E-state index is 13.7. The number of rotatable bonds is 6. The van der Waals surface area contributed by atoms with Gasteiger partial charge in [-0.15, -0.1) is 0 Å². The average Bonchev–Trinajstić information content (AvgIpc) is 3.21. The van der Waals surface area contributed by atoms with Crippen molar-refractivity contribution < 1.29 is 24.4 Å². The number of carbonyl (C=O) groups excluding carboxylic acids is 2. The quantitative estimate of drug-likeness (QED) is 0.183. The van der Waals surface area contributed by atoms with Crippen LogP contribution in [0, 0.1) is 17.8 Å². The Hall–Kier alpha value is -3.94. The van der Waals surface area contributed by atoms with Crippen molar-refractivity contribution in [3.8, 4) is 5.75 Å². The summed E-state index contributed by atoms with van der Waals surface area (Å²) >= 11 is 0. The third-order valence-electron chi connectivity index (χ3n) is 8.52. The first-order valence-electron chi connectivity index (χ1n) is 13.9. The molecule has 2 aliphatic heterocycles. The predicted octanol–water partition coefficient (Wildman–Crippen LogP) is 5.73. The molecule has 2 fully saturated rings. The summed E-state index contributed by atoms with van der Waals surface area (Å²) in [5.41, 5.74) is 5.93. The van der Waals surface area contributed by atoms with Crippen LogP contribution in [0.25, 0.3) is 11.6 Å². The summed E-state index contributed by atoms with van der Waals surface area (Å²) in [6, 6.07) is 26.4. The topological polar surface area (TPSA) is 87.1 Å². The van der Waals surface area contributed by atoms with Crippen molar-refractivity contribution in [2.24, 2.45) is 17.8 Å². The summed E-state index contributed by atoms with van der Waals surface area (Å²) in [4.78, 5) is 28.5. The number of phenolic OH excluding ortho intramolecular Hbond substituents is 1. The Morgan fingerprint density at radius 3 is 2.33 bits per heavy atom. The lowest BCUT2D eigenvalue weighted by molar-refractivity contribution is -0.122. The molecule has 2 N–H and O–H groups in total. The standard InChI is InChI=1S/C33H32BNO5/c1-21-18-27-31(33(38)35(32(27)37)25-10-6-3-7-11-25)28-20-34(39)40-29(30(21)28)17-14-24(23-8-4-2-5-9-23)19-22-12-15-26(36)16-13-22/h2-13,15-16,19,27-29,31,36,39H,14,17-18,20H2,1H3/b24-19-/t27-,28+,29-,31-/m1/s1. The molecule has 3 aromatic carbocycles. The number of benzene rings is 3. The van der Waals surface area contributed by atoms with E-state index >= 15 is 0 Å². The highest BCUT2D eigenvalue weighted by atomic mass is 16.5. The van der Waals surface area contributed by atoms with Gasteiger partial charge in [-0.05, 0) is 85.0 Å². The number of allylic oxidation sites excluding steroid dienone is 2. The molecule has 40 heavy (non-hydrogen) atoms. The molecule has 3 aromatic rings. The van der Waals surface area contributed by atoms with Gasteiger partial charge in [0.05, 0.1) is 23.6 Å². The van der Waals surface area contributed by atoms with Crippen molar-refractivity contribution in [3.05, 3.63) is 107 Å². The van der Waals surface area contributed by atoms with Gasteiger partial charge in [-0.25, -0.2) is 0 Å². The fraction of sp³-hybridized carbons (Fsp3) is 0.273. The van der Waals surface area contributed by atoms with Crippen LogP contribution in [-0.2, 0) is 14.2 Å². The molecular weight excluding hydrogens is 501 g/mol. The normalized spacial score (nSPS) is 24.8. The molecule has 2 saturated heterocycles. The molecule has 0 bridgehead atoms. The summed E-state index contributed by atoms with van der Waals surface area (Å²) in [7, 11) is -1.000. The van der Waals surface area contributed by atoms with Crippen LogP contribution in [0.5, 0.6) is 5.75 Å². The Morgan fingerprint density at radius 2 is 1.62 bits per heavy atom. The van der Waals surface area contributed by atoms with E-state index in [0.29, 0.717) is 31.3 Å². The van der Waals surface area contributed by atoms with E-state index in [-0.39, 0.29) is 29.6 Å². The molecule has 3 aliphatic rings. The van der Waals surface area contributed by atoms with Crippen LogP contribution < -0.4 is 4.90 Å². The number of anilines is 1. The van der Waals surface area contributed by atoms with E-state index < -0.39 is 19.0 Å². The SMILES string of the molecule is CC1=C2[C@@H](CC/C(=C/c3ccc(O)cc3)c3ccccc3)OB(O)C[C@@H]2[C@@H]2C(=O)N(c3ccccc3)C(=O)[C@@H]2C1. The van der Waals surface area contributed by atoms with E-state index in [1.807, 2.05) is 55.5 Å². The van der Waals surface area contributed by atoms with Gasteiger partial charge in [0.1, 0.15) is 5.75 Å². The Kier molecular flexibility index (Phi) is 7.17. The summed E-state index contributed by atoms with van der Waals surface area (Å²) in [5, 5.41) is 20.5. The van der Waals surface area contributed by atoms with Gasteiger partial charge in [0, 0.05) is 0 Å². The monoisotopic (exact) mass is 533 g/mol. The molecule has 2 amide bonds. The largest absolute Gasteiger partial charge is 0.508 e. The van der Waals surface area contributed by atoms with E-state index in [1.165, 1.54) is 4.90 Å². The zero-order valence-electron chi connectivity index (χ0n) is 22.4. The van der Waals surface area contributed by atoms with Crippen molar-refractivity contribution in [2.75, 3.05) is 4.90 Å². The van der Waals surface area contributed by atoms with Gasteiger partial charge < -0.3 is 14.8 Å². The van der Waals surface area contributed by atoms with Crippen molar-refractivity contribution in [1.29, 1.82) is 0 Å². The Labute approximate surface area is 234 Å². The number of nitrogens with zero attached hydrogens (tertiary/aromatic N) is 1. The molecule has 7 heteroatoms. The molecule has 1 aliphatic carbocycles. The van der Waals surface area contributed by atoms with Crippen molar-refractivity contribution in [2.45, 2.75) is 38.6 Å². The zero-order valence-corrected chi connectivity index (χ0v) is 22.4. The molecule has 0 spiro atoms. The third-order valence-corrected chi connectivity index (χ3v) is 8.52. The third kappa shape index (κ3) is 4.91. The summed E-state index contributed by atoms with van der Waals surface area (Å²) < 4.78 is 6.13. The fourth-order valence-corrected chi connectivity index (χ4v) is 6.76. The van der Waals surface area contributed by atoms with Crippen molar-refractivity contribution >= 4 is 36.3 Å². The van der Waals surface area contributed by atoms with Crippen LogP contribution in [0.2, 0.25) is 6.32 Å². The van der Waals surface area contributed by atoms with Crippen LogP contribution in [0.3, 0.4) is 0 Å². The first-order chi connectivity index (χ1) is 19.4. The second-order valence-corrected chi connectivity index (χ2v) is 11.0. The maximum atomic E-state index is 13.7. The first-order valence-corrected chi connectivity index (χ1v) is 13.9. The lowest BCUT2D eigenvalue weighted by atomic mass is 9.58. The summed E-state index contributed by atoms with van der Waals surface area (Å²) in [6.07, 6.45) is 3.90. The molecule has 2 heterocycles. The molecule has 0 aromatic heterocycles. The molecular formula is C33H32BNO5. The lowest BCUT2D eigenvalue weighted by Crippen LogP contribution is -2.46. The number of aromatic hydroxyl groups is 1. The van der Waals surface area contributed by atoms with Gasteiger partial charge in [-0.1, -0.05) is 72.3 Å². The van der Waals surface area contributed by atoms with Crippen LogP contribution in [0.4, 0.5) is 5.69 Å². The second-order valence-electron chi connectivity index (χ2n) is 11.0. The molecule has 0 unspecified atom stereocenters. The number of imide groups is 1. The number of para-hydroxylation sites is 1. The van der Waals surface area contributed by atoms with E-state index in [9.17, 15) is 19.7 Å². The van der Waals surface area contributed by atoms with E-state index in [1.54, 1.807) is 24.3 Å². The van der Waals surface area contributed by atoms with Gasteiger partial charge in [0.25, 0.3) is 0 Å². The number of phenols is 1. The van der Waals surface area contributed by atoms with Gasteiger partial charge in [-0.2, -0.15) is 0 Å². The number of hydrogen-bond acceptors (Lipinski definition) is 5.